The van der Waals surface area contributed by atoms with Gasteiger partial charge in [0.1, 0.15) is 0 Å². The molecule has 10 heteroatoms. The van der Waals surface area contributed by atoms with E-state index in [1.807, 2.05) is 0 Å². The predicted octanol–water partition coefficient (Wildman–Crippen LogP) is 3.17. The van der Waals surface area contributed by atoms with Crippen LogP contribution in [0.15, 0.2) is 41.3 Å². The summed E-state index contributed by atoms with van der Waals surface area (Å²) in [5.41, 5.74) is 0.846. The van der Waals surface area contributed by atoms with Gasteiger partial charge >= 0.3 is 0 Å². The SMILES string of the molecule is Cc1c(C(=O)Nc2nc3ccc(S(C)(=O)=O)cc3s2)cccc1[N+](=O)[O-]. The highest BCUT2D eigenvalue weighted by molar-refractivity contribution is 7.90. The summed E-state index contributed by atoms with van der Waals surface area (Å²) in [5.74, 6) is -0.520. The first-order valence-electron chi connectivity index (χ1n) is 7.33. The van der Waals surface area contributed by atoms with E-state index in [-0.39, 0.29) is 26.8 Å². The Bertz CT molecular complexity index is 1150. The van der Waals surface area contributed by atoms with Gasteiger partial charge in [-0.1, -0.05) is 17.4 Å². The maximum absolute atomic E-state index is 12.4. The number of nitrogens with zero attached hydrogens (tertiary/aromatic N) is 2. The van der Waals surface area contributed by atoms with Gasteiger partial charge in [-0.3, -0.25) is 20.2 Å². The van der Waals surface area contributed by atoms with E-state index in [0.717, 1.165) is 17.6 Å². The Morgan fingerprint density at radius 3 is 2.65 bits per heavy atom. The molecule has 0 fully saturated rings. The van der Waals surface area contributed by atoms with Gasteiger partial charge in [-0.25, -0.2) is 13.4 Å². The lowest BCUT2D eigenvalue weighted by atomic mass is 10.1. The summed E-state index contributed by atoms with van der Waals surface area (Å²) in [7, 11) is -3.34. The molecule has 3 aromatic rings. The van der Waals surface area contributed by atoms with Gasteiger partial charge in [0, 0.05) is 23.4 Å². The van der Waals surface area contributed by atoms with Crippen LogP contribution < -0.4 is 5.32 Å². The molecule has 2 aromatic carbocycles. The third-order valence-electron chi connectivity index (χ3n) is 3.76. The molecular weight excluding hydrogens is 378 g/mol. The van der Waals surface area contributed by atoms with E-state index >= 15 is 0 Å². The first-order valence-corrected chi connectivity index (χ1v) is 10.0. The van der Waals surface area contributed by atoms with Gasteiger partial charge in [0.05, 0.1) is 20.0 Å². The topological polar surface area (TPSA) is 119 Å². The van der Waals surface area contributed by atoms with Crippen LogP contribution in [0.5, 0.6) is 0 Å². The number of nitro benzene ring substituents is 1. The second-order valence-electron chi connectivity index (χ2n) is 5.58. The summed E-state index contributed by atoms with van der Waals surface area (Å²) in [6.45, 7) is 1.50. The molecule has 0 spiro atoms. The summed E-state index contributed by atoms with van der Waals surface area (Å²) in [4.78, 5) is 27.3. The largest absolute Gasteiger partial charge is 0.298 e. The highest BCUT2D eigenvalue weighted by Crippen LogP contribution is 2.29. The van der Waals surface area contributed by atoms with Gasteiger partial charge in [0.15, 0.2) is 15.0 Å². The number of hydrogen-bond acceptors (Lipinski definition) is 7. The number of hydrogen-bond donors (Lipinski definition) is 1. The fraction of sp³-hybridized carbons (Fsp3) is 0.125. The Balaban J connectivity index is 1.93. The number of nitro groups is 1. The molecule has 0 atom stereocenters. The molecule has 134 valence electrons. The Hall–Kier alpha value is -2.85. The van der Waals surface area contributed by atoms with E-state index in [0.29, 0.717) is 10.2 Å². The van der Waals surface area contributed by atoms with Crippen molar-refractivity contribution in [3.8, 4) is 0 Å². The summed E-state index contributed by atoms with van der Waals surface area (Å²) in [6, 6.07) is 8.78. The third-order valence-corrected chi connectivity index (χ3v) is 5.80. The molecule has 0 bridgehead atoms. The number of benzene rings is 2. The van der Waals surface area contributed by atoms with Crippen molar-refractivity contribution in [2.24, 2.45) is 0 Å². The van der Waals surface area contributed by atoms with Crippen molar-refractivity contribution in [2.75, 3.05) is 11.6 Å². The Labute approximate surface area is 152 Å². The second-order valence-corrected chi connectivity index (χ2v) is 8.63. The number of carbonyl (C=O) groups excluding carboxylic acids is 1. The zero-order valence-corrected chi connectivity index (χ0v) is 15.3. The first kappa shape index (κ1) is 18.0. The molecule has 0 aliphatic rings. The standard InChI is InChI=1S/C16H13N3O5S2/c1-9-11(4-3-5-13(9)19(21)22)15(20)18-16-17-12-7-6-10(26(2,23)24)8-14(12)25-16/h3-8H,1-2H3,(H,17,18,20). The number of thiazole rings is 1. The van der Waals surface area contributed by atoms with Crippen LogP contribution in [0.3, 0.4) is 0 Å². The summed E-state index contributed by atoms with van der Waals surface area (Å²) in [5, 5.41) is 13.9. The number of nitrogens with one attached hydrogen (secondary N) is 1. The van der Waals surface area contributed by atoms with E-state index in [1.54, 1.807) is 6.07 Å². The Kier molecular flexibility index (Phi) is 4.46. The normalized spacial score (nSPS) is 11.5. The molecule has 0 saturated heterocycles. The molecule has 1 amide bonds. The number of fused-ring (bicyclic) bond motifs is 1. The van der Waals surface area contributed by atoms with Gasteiger partial charge in [-0.15, -0.1) is 0 Å². The highest BCUT2D eigenvalue weighted by Gasteiger charge is 2.19. The number of sulfone groups is 1. The van der Waals surface area contributed by atoms with Crippen molar-refractivity contribution in [3.63, 3.8) is 0 Å². The maximum Gasteiger partial charge on any atom is 0.273 e. The minimum absolute atomic E-state index is 0.139. The molecule has 3 rings (SSSR count). The van der Waals surface area contributed by atoms with E-state index in [9.17, 15) is 23.3 Å². The zero-order valence-electron chi connectivity index (χ0n) is 13.7. The molecule has 1 aromatic heterocycles. The van der Waals surface area contributed by atoms with Gasteiger partial charge in [-0.2, -0.15) is 0 Å². The molecular formula is C16H13N3O5S2. The van der Waals surface area contributed by atoms with Crippen LogP contribution in [0.2, 0.25) is 0 Å². The van der Waals surface area contributed by atoms with Crippen molar-refractivity contribution < 1.29 is 18.1 Å². The minimum Gasteiger partial charge on any atom is -0.298 e. The lowest BCUT2D eigenvalue weighted by Gasteiger charge is -2.05. The monoisotopic (exact) mass is 391 g/mol. The van der Waals surface area contributed by atoms with Crippen LogP contribution >= 0.6 is 11.3 Å². The molecule has 8 nitrogen and oxygen atoms in total. The van der Waals surface area contributed by atoms with Gasteiger partial charge in [-0.05, 0) is 31.2 Å². The van der Waals surface area contributed by atoms with Crippen LogP contribution in [-0.2, 0) is 9.84 Å². The highest BCUT2D eigenvalue weighted by atomic mass is 32.2. The fourth-order valence-electron chi connectivity index (χ4n) is 2.42. The molecule has 1 N–H and O–H groups in total. The van der Waals surface area contributed by atoms with E-state index in [2.05, 4.69) is 10.3 Å². The molecule has 0 aliphatic carbocycles. The fourth-order valence-corrected chi connectivity index (χ4v) is 4.04. The smallest absolute Gasteiger partial charge is 0.273 e. The summed E-state index contributed by atoms with van der Waals surface area (Å²) >= 11 is 1.13. The van der Waals surface area contributed by atoms with Gasteiger partial charge in [0.25, 0.3) is 11.6 Å². The van der Waals surface area contributed by atoms with E-state index < -0.39 is 20.7 Å². The van der Waals surface area contributed by atoms with Gasteiger partial charge < -0.3 is 0 Å². The average Bonchev–Trinajstić information content (AvgIpc) is 2.95. The van der Waals surface area contributed by atoms with E-state index in [1.165, 1.54) is 37.3 Å². The quantitative estimate of drug-likeness (QED) is 0.539. The Morgan fingerprint density at radius 2 is 2.00 bits per heavy atom. The van der Waals surface area contributed by atoms with Crippen LogP contribution in [0.25, 0.3) is 10.2 Å². The van der Waals surface area contributed by atoms with Crippen molar-refractivity contribution >= 4 is 48.1 Å². The lowest BCUT2D eigenvalue weighted by molar-refractivity contribution is -0.385. The number of anilines is 1. The summed E-state index contributed by atoms with van der Waals surface area (Å²) < 4.78 is 23.9. The lowest BCUT2D eigenvalue weighted by Crippen LogP contribution is -2.13. The van der Waals surface area contributed by atoms with Gasteiger partial charge in [0.2, 0.25) is 0 Å². The molecule has 0 radical (unpaired) electrons. The number of rotatable bonds is 4. The number of carbonyl (C=O) groups is 1. The second kappa shape index (κ2) is 6.46. The van der Waals surface area contributed by atoms with Crippen LogP contribution in [0.1, 0.15) is 15.9 Å². The zero-order chi connectivity index (χ0) is 19.1. The summed E-state index contributed by atoms with van der Waals surface area (Å²) in [6.07, 6.45) is 1.11. The average molecular weight is 391 g/mol. The Morgan fingerprint density at radius 1 is 1.27 bits per heavy atom. The van der Waals surface area contributed by atoms with Crippen molar-refractivity contribution in [3.05, 3.63) is 57.6 Å². The van der Waals surface area contributed by atoms with Crippen molar-refractivity contribution in [2.45, 2.75) is 11.8 Å². The molecule has 1 heterocycles. The van der Waals surface area contributed by atoms with Crippen LogP contribution in [0.4, 0.5) is 10.8 Å². The van der Waals surface area contributed by atoms with E-state index in [4.69, 9.17) is 0 Å². The molecule has 0 unspecified atom stereocenters. The minimum atomic E-state index is -3.34. The molecule has 26 heavy (non-hydrogen) atoms. The molecule has 0 saturated carbocycles. The number of amides is 1. The van der Waals surface area contributed by atoms with Crippen LogP contribution in [0, 0.1) is 17.0 Å². The molecule has 0 aliphatic heterocycles. The van der Waals surface area contributed by atoms with Crippen molar-refractivity contribution in [1.29, 1.82) is 0 Å². The predicted molar refractivity (Wildman–Crippen MR) is 98.5 cm³/mol. The van der Waals surface area contributed by atoms with Crippen LogP contribution in [-0.4, -0.2) is 30.5 Å². The van der Waals surface area contributed by atoms with Crippen molar-refractivity contribution in [1.82, 2.24) is 4.98 Å². The maximum atomic E-state index is 12.4. The first-order chi connectivity index (χ1) is 12.2. The third kappa shape index (κ3) is 3.41. The number of aromatic nitrogens is 1.